The molecule has 1 aliphatic heterocycles. The number of hydrogen-bond acceptors (Lipinski definition) is 4. The molecule has 3 atom stereocenters. The fraction of sp³-hybridized carbons (Fsp3) is 0.550. The summed E-state index contributed by atoms with van der Waals surface area (Å²) in [5.41, 5.74) is 2.01. The van der Waals surface area contributed by atoms with E-state index in [4.69, 9.17) is 9.90 Å². The molecule has 2 aliphatic rings. The summed E-state index contributed by atoms with van der Waals surface area (Å²) in [4.78, 5) is 11.4. The number of aliphatic carboxylic acids is 1. The van der Waals surface area contributed by atoms with Gasteiger partial charge in [0.05, 0.1) is 0 Å². The summed E-state index contributed by atoms with van der Waals surface area (Å²) in [5, 5.41) is 27.9. The van der Waals surface area contributed by atoms with E-state index in [2.05, 4.69) is 31.0 Å². The Hall–Kier alpha value is -2.01. The lowest BCUT2D eigenvalue weighted by Crippen LogP contribution is -2.54. The Balaban J connectivity index is 0.000000511. The third-order valence-electron chi connectivity index (χ3n) is 5.73. The zero-order chi connectivity index (χ0) is 18.8. The number of likely N-dealkylation sites (tertiary alicyclic amines) is 1. The number of nitrogens with zero attached hydrogens (tertiary/aromatic N) is 1. The number of rotatable bonds is 1. The average Bonchev–Trinajstić information content (AvgIpc) is 2.55. The predicted molar refractivity (Wildman–Crippen MR) is 98.1 cm³/mol. The maximum Gasteiger partial charge on any atom is 0.300 e. The SMILES string of the molecule is CC(=O)O.Cc1ccc(O)c(O)c1C12CCC=CC1C(C)N(C)CC2. The van der Waals surface area contributed by atoms with Crippen LogP contribution < -0.4 is 0 Å². The van der Waals surface area contributed by atoms with E-state index in [0.717, 1.165) is 43.9 Å². The van der Waals surface area contributed by atoms with Crippen molar-refractivity contribution in [2.75, 3.05) is 13.6 Å². The van der Waals surface area contributed by atoms with Crippen molar-refractivity contribution in [1.29, 1.82) is 0 Å². The van der Waals surface area contributed by atoms with Crippen molar-refractivity contribution in [2.45, 2.75) is 51.5 Å². The second-order valence-corrected chi connectivity index (χ2v) is 7.26. The molecule has 1 aromatic carbocycles. The third-order valence-corrected chi connectivity index (χ3v) is 5.73. The zero-order valence-electron chi connectivity index (χ0n) is 15.5. The van der Waals surface area contributed by atoms with Gasteiger partial charge in [0.25, 0.3) is 5.97 Å². The van der Waals surface area contributed by atoms with Gasteiger partial charge in [0.15, 0.2) is 11.5 Å². The number of hydrogen-bond donors (Lipinski definition) is 3. The van der Waals surface area contributed by atoms with Gasteiger partial charge in [-0.3, -0.25) is 4.79 Å². The van der Waals surface area contributed by atoms with Crippen molar-refractivity contribution in [3.05, 3.63) is 35.4 Å². The quantitative estimate of drug-likeness (QED) is 0.536. The Kier molecular flexibility index (Phi) is 5.78. The fourth-order valence-corrected chi connectivity index (χ4v) is 4.43. The van der Waals surface area contributed by atoms with Crippen molar-refractivity contribution < 1.29 is 20.1 Å². The first kappa shape index (κ1) is 19.3. The molecule has 1 saturated heterocycles. The molecule has 1 fully saturated rings. The van der Waals surface area contributed by atoms with Crippen LogP contribution in [0, 0.1) is 12.8 Å². The van der Waals surface area contributed by atoms with Crippen LogP contribution in [0.5, 0.6) is 11.5 Å². The number of aryl methyl sites for hydroxylation is 1. The normalized spacial score (nSPS) is 28.6. The van der Waals surface area contributed by atoms with Crippen LogP contribution in [0.2, 0.25) is 0 Å². The Labute approximate surface area is 149 Å². The van der Waals surface area contributed by atoms with Crippen molar-refractivity contribution in [1.82, 2.24) is 4.90 Å². The predicted octanol–water partition coefficient (Wildman–Crippen LogP) is 3.43. The first-order valence-corrected chi connectivity index (χ1v) is 8.79. The second-order valence-electron chi connectivity index (χ2n) is 7.26. The van der Waals surface area contributed by atoms with Crippen LogP contribution in [0.3, 0.4) is 0 Å². The van der Waals surface area contributed by atoms with E-state index in [-0.39, 0.29) is 16.9 Å². The Morgan fingerprint density at radius 1 is 1.28 bits per heavy atom. The smallest absolute Gasteiger partial charge is 0.300 e. The fourth-order valence-electron chi connectivity index (χ4n) is 4.43. The van der Waals surface area contributed by atoms with E-state index in [1.165, 1.54) is 0 Å². The standard InChI is InChI=1S/C18H25NO2.C2H4O2/c1-12-7-8-15(20)17(21)16(12)18-9-5-4-6-14(18)13(2)19(3)11-10-18;1-2(3)4/h4,6-8,13-14,20-21H,5,9-11H2,1-3H3;1H3,(H,3,4). The summed E-state index contributed by atoms with van der Waals surface area (Å²) >= 11 is 0. The molecule has 5 nitrogen and oxygen atoms in total. The van der Waals surface area contributed by atoms with Gasteiger partial charge in [-0.15, -0.1) is 0 Å². The van der Waals surface area contributed by atoms with Crippen LogP contribution in [0.4, 0.5) is 0 Å². The highest BCUT2D eigenvalue weighted by Gasteiger charge is 2.48. The van der Waals surface area contributed by atoms with Crippen LogP contribution in [0.1, 0.15) is 44.2 Å². The molecule has 0 radical (unpaired) electrons. The number of fused-ring (bicyclic) bond motifs is 1. The molecule has 0 bridgehead atoms. The summed E-state index contributed by atoms with van der Waals surface area (Å²) in [6.07, 6.45) is 7.72. The summed E-state index contributed by atoms with van der Waals surface area (Å²) in [5.74, 6) is -0.353. The number of phenolic OH excluding ortho intramolecular Hbond substituents is 2. The van der Waals surface area contributed by atoms with Gasteiger partial charge < -0.3 is 20.2 Å². The van der Waals surface area contributed by atoms with Gasteiger partial charge in [-0.2, -0.15) is 0 Å². The van der Waals surface area contributed by atoms with Crippen LogP contribution in [-0.4, -0.2) is 45.8 Å². The summed E-state index contributed by atoms with van der Waals surface area (Å²) in [6, 6.07) is 3.96. The van der Waals surface area contributed by atoms with Crippen molar-refractivity contribution in [3.8, 4) is 11.5 Å². The molecule has 1 aliphatic carbocycles. The average molecular weight is 347 g/mol. The topological polar surface area (TPSA) is 81.0 Å². The van der Waals surface area contributed by atoms with Gasteiger partial charge >= 0.3 is 0 Å². The lowest BCUT2D eigenvalue weighted by Gasteiger charge is -2.52. The largest absolute Gasteiger partial charge is 0.504 e. The minimum absolute atomic E-state index is 0.00450. The molecule has 25 heavy (non-hydrogen) atoms. The highest BCUT2D eigenvalue weighted by Crippen LogP contribution is 2.53. The van der Waals surface area contributed by atoms with E-state index in [1.54, 1.807) is 6.07 Å². The maximum atomic E-state index is 10.5. The number of phenols is 2. The summed E-state index contributed by atoms with van der Waals surface area (Å²) < 4.78 is 0. The molecule has 0 aromatic heterocycles. The van der Waals surface area contributed by atoms with E-state index in [9.17, 15) is 10.2 Å². The maximum absolute atomic E-state index is 10.5. The van der Waals surface area contributed by atoms with Gasteiger partial charge in [0.1, 0.15) is 0 Å². The molecule has 0 spiro atoms. The number of carboxylic acids is 1. The van der Waals surface area contributed by atoms with Crippen LogP contribution in [0.15, 0.2) is 24.3 Å². The monoisotopic (exact) mass is 347 g/mol. The molecule has 3 unspecified atom stereocenters. The van der Waals surface area contributed by atoms with E-state index in [1.807, 2.05) is 13.0 Å². The third kappa shape index (κ3) is 3.66. The molecule has 5 heteroatoms. The first-order chi connectivity index (χ1) is 11.7. The molecule has 0 amide bonds. The number of aromatic hydroxyl groups is 2. The number of allylic oxidation sites excluding steroid dienone is 1. The lowest BCUT2D eigenvalue weighted by molar-refractivity contribution is -0.134. The van der Waals surface area contributed by atoms with E-state index in [0.29, 0.717) is 12.0 Å². The number of carboxylic acid groups (broad SMARTS) is 1. The molecular formula is C20H29NO4. The minimum atomic E-state index is -0.833. The second kappa shape index (κ2) is 7.48. The zero-order valence-corrected chi connectivity index (χ0v) is 15.5. The molecular weight excluding hydrogens is 318 g/mol. The Bertz CT molecular complexity index is 666. The Morgan fingerprint density at radius 3 is 2.56 bits per heavy atom. The Morgan fingerprint density at radius 2 is 1.92 bits per heavy atom. The van der Waals surface area contributed by atoms with Gasteiger partial charge in [0, 0.05) is 29.9 Å². The number of piperidine rings is 1. The van der Waals surface area contributed by atoms with E-state index >= 15 is 0 Å². The highest BCUT2D eigenvalue weighted by molar-refractivity contribution is 5.63. The van der Waals surface area contributed by atoms with Gasteiger partial charge in [-0.25, -0.2) is 0 Å². The molecule has 3 N–H and O–H groups in total. The number of carbonyl (C=O) groups is 1. The van der Waals surface area contributed by atoms with Crippen molar-refractivity contribution in [3.63, 3.8) is 0 Å². The van der Waals surface area contributed by atoms with Gasteiger partial charge in [-0.1, -0.05) is 18.2 Å². The summed E-state index contributed by atoms with van der Waals surface area (Å²) in [6.45, 7) is 6.42. The van der Waals surface area contributed by atoms with Crippen LogP contribution in [0.25, 0.3) is 0 Å². The van der Waals surface area contributed by atoms with Crippen molar-refractivity contribution in [2.24, 2.45) is 5.92 Å². The minimum Gasteiger partial charge on any atom is -0.504 e. The lowest BCUT2D eigenvalue weighted by atomic mass is 9.58. The molecule has 3 rings (SSSR count). The van der Waals surface area contributed by atoms with Crippen LogP contribution >= 0.6 is 0 Å². The molecule has 138 valence electrons. The van der Waals surface area contributed by atoms with Gasteiger partial charge in [-0.05, 0) is 58.3 Å². The van der Waals surface area contributed by atoms with Crippen LogP contribution in [-0.2, 0) is 10.2 Å². The first-order valence-electron chi connectivity index (χ1n) is 8.79. The highest BCUT2D eigenvalue weighted by atomic mass is 16.4. The van der Waals surface area contributed by atoms with E-state index < -0.39 is 5.97 Å². The molecule has 0 saturated carbocycles. The molecule has 1 heterocycles. The molecule has 1 aromatic rings. The number of benzene rings is 1. The summed E-state index contributed by atoms with van der Waals surface area (Å²) in [7, 11) is 2.17. The van der Waals surface area contributed by atoms with Gasteiger partial charge in [0.2, 0.25) is 0 Å². The van der Waals surface area contributed by atoms with Crippen molar-refractivity contribution >= 4 is 5.97 Å².